The summed E-state index contributed by atoms with van der Waals surface area (Å²) in [5.41, 5.74) is 1.94. The lowest BCUT2D eigenvalue weighted by molar-refractivity contribution is 0.341. The van der Waals surface area contributed by atoms with Crippen LogP contribution in [0.5, 0.6) is 0 Å². The van der Waals surface area contributed by atoms with Gasteiger partial charge in [0.05, 0.1) is 17.2 Å². The average molecular weight is 270 g/mol. The molecular weight excluding hydrogens is 248 g/mol. The van der Waals surface area contributed by atoms with E-state index in [9.17, 15) is 0 Å². The lowest BCUT2D eigenvalue weighted by atomic mass is 9.97. The van der Waals surface area contributed by atoms with Crippen molar-refractivity contribution in [2.45, 2.75) is 26.3 Å². The fourth-order valence-electron chi connectivity index (χ4n) is 2.75. The summed E-state index contributed by atoms with van der Waals surface area (Å²) in [6.07, 6.45) is 3.11. The van der Waals surface area contributed by atoms with Crippen LogP contribution in [0, 0.1) is 5.92 Å². The Kier molecular flexibility index (Phi) is 3.83. The number of para-hydroxylation sites is 2. The van der Waals surface area contributed by atoms with Crippen molar-refractivity contribution in [1.29, 1.82) is 0 Å². The second kappa shape index (κ2) is 5.75. The van der Waals surface area contributed by atoms with Gasteiger partial charge < -0.3 is 10.2 Å². The number of nitrogens with one attached hydrogen (secondary N) is 1. The molecule has 1 aliphatic heterocycles. The number of piperazine rings is 1. The van der Waals surface area contributed by atoms with Gasteiger partial charge in [-0.3, -0.25) is 4.98 Å². The van der Waals surface area contributed by atoms with E-state index in [4.69, 9.17) is 4.98 Å². The highest BCUT2D eigenvalue weighted by atomic mass is 15.2. The standard InChI is InChI=1S/C16H22N4/c1-3-12(2)15-11-20(9-8-17-15)16-10-18-13-6-4-5-7-14(13)19-16/h4-7,10,12,15,17H,3,8-9,11H2,1-2H3/t12-,15+/m0/s1. The number of fused-ring (bicyclic) bond motifs is 1. The van der Waals surface area contributed by atoms with Crippen LogP contribution in [0.15, 0.2) is 30.5 Å². The maximum absolute atomic E-state index is 4.75. The van der Waals surface area contributed by atoms with Crippen LogP contribution in [0.2, 0.25) is 0 Å². The summed E-state index contributed by atoms with van der Waals surface area (Å²) in [6, 6.07) is 8.59. The summed E-state index contributed by atoms with van der Waals surface area (Å²) in [5.74, 6) is 1.68. The van der Waals surface area contributed by atoms with Crippen molar-refractivity contribution in [1.82, 2.24) is 15.3 Å². The number of benzene rings is 1. The fraction of sp³-hybridized carbons (Fsp3) is 0.500. The molecule has 1 saturated heterocycles. The molecule has 2 aromatic rings. The third-order valence-electron chi connectivity index (χ3n) is 4.30. The van der Waals surface area contributed by atoms with Gasteiger partial charge in [0, 0.05) is 25.7 Å². The fourth-order valence-corrected chi connectivity index (χ4v) is 2.75. The first kappa shape index (κ1) is 13.3. The van der Waals surface area contributed by atoms with Crippen LogP contribution in [0.25, 0.3) is 11.0 Å². The highest BCUT2D eigenvalue weighted by Crippen LogP contribution is 2.19. The first-order valence-corrected chi connectivity index (χ1v) is 7.48. The normalized spacial score (nSPS) is 21.1. The molecule has 0 amide bonds. The molecule has 1 aliphatic rings. The van der Waals surface area contributed by atoms with E-state index in [0.717, 1.165) is 36.5 Å². The van der Waals surface area contributed by atoms with Crippen molar-refractivity contribution < 1.29 is 0 Å². The second-order valence-corrected chi connectivity index (χ2v) is 5.61. The van der Waals surface area contributed by atoms with Crippen LogP contribution >= 0.6 is 0 Å². The Labute approximate surface area is 120 Å². The summed E-state index contributed by atoms with van der Waals surface area (Å²) in [4.78, 5) is 11.6. The van der Waals surface area contributed by atoms with Crippen LogP contribution in [-0.4, -0.2) is 35.6 Å². The molecule has 0 unspecified atom stereocenters. The number of hydrogen-bond donors (Lipinski definition) is 1. The minimum absolute atomic E-state index is 0.544. The molecular formula is C16H22N4. The first-order chi connectivity index (χ1) is 9.78. The second-order valence-electron chi connectivity index (χ2n) is 5.61. The van der Waals surface area contributed by atoms with Gasteiger partial charge in [-0.25, -0.2) is 4.98 Å². The Morgan fingerprint density at radius 2 is 2.15 bits per heavy atom. The quantitative estimate of drug-likeness (QED) is 0.930. The Morgan fingerprint density at radius 3 is 2.95 bits per heavy atom. The Morgan fingerprint density at radius 1 is 1.35 bits per heavy atom. The smallest absolute Gasteiger partial charge is 0.147 e. The van der Waals surface area contributed by atoms with Crippen molar-refractivity contribution >= 4 is 16.9 Å². The maximum Gasteiger partial charge on any atom is 0.147 e. The maximum atomic E-state index is 4.75. The summed E-state index contributed by atoms with van der Waals surface area (Å²) in [7, 11) is 0. The molecule has 0 spiro atoms. The number of anilines is 1. The molecule has 0 bridgehead atoms. The molecule has 4 nitrogen and oxygen atoms in total. The Hall–Kier alpha value is -1.68. The highest BCUT2D eigenvalue weighted by molar-refractivity contribution is 5.75. The van der Waals surface area contributed by atoms with E-state index >= 15 is 0 Å². The predicted octanol–water partition coefficient (Wildman–Crippen LogP) is 2.45. The zero-order chi connectivity index (χ0) is 13.9. The summed E-state index contributed by atoms with van der Waals surface area (Å²) in [5, 5.41) is 3.62. The van der Waals surface area contributed by atoms with E-state index in [1.807, 2.05) is 30.5 Å². The molecule has 3 rings (SSSR count). The summed E-state index contributed by atoms with van der Waals surface area (Å²) < 4.78 is 0. The van der Waals surface area contributed by atoms with E-state index in [1.54, 1.807) is 0 Å². The van der Waals surface area contributed by atoms with Gasteiger partial charge in [0.25, 0.3) is 0 Å². The Bertz CT molecular complexity index is 583. The molecule has 0 radical (unpaired) electrons. The van der Waals surface area contributed by atoms with Gasteiger partial charge in [0.15, 0.2) is 0 Å². The molecule has 20 heavy (non-hydrogen) atoms. The van der Waals surface area contributed by atoms with Crippen molar-refractivity contribution in [2.75, 3.05) is 24.5 Å². The number of hydrogen-bond acceptors (Lipinski definition) is 4. The number of rotatable bonds is 3. The van der Waals surface area contributed by atoms with Gasteiger partial charge in [0.1, 0.15) is 5.82 Å². The molecule has 1 aromatic carbocycles. The molecule has 1 fully saturated rings. The summed E-state index contributed by atoms with van der Waals surface area (Å²) in [6.45, 7) is 7.60. The topological polar surface area (TPSA) is 41.1 Å². The summed E-state index contributed by atoms with van der Waals surface area (Å²) >= 11 is 0. The van der Waals surface area contributed by atoms with Crippen molar-refractivity contribution in [2.24, 2.45) is 5.92 Å². The van der Waals surface area contributed by atoms with Gasteiger partial charge >= 0.3 is 0 Å². The SMILES string of the molecule is CC[C@H](C)[C@H]1CN(c2cnc3ccccc3n2)CCN1. The van der Waals surface area contributed by atoms with Crippen LogP contribution in [-0.2, 0) is 0 Å². The number of aromatic nitrogens is 2. The van der Waals surface area contributed by atoms with Crippen LogP contribution < -0.4 is 10.2 Å². The zero-order valence-corrected chi connectivity index (χ0v) is 12.2. The molecule has 106 valence electrons. The zero-order valence-electron chi connectivity index (χ0n) is 12.2. The van der Waals surface area contributed by atoms with Gasteiger partial charge in [-0.1, -0.05) is 32.4 Å². The van der Waals surface area contributed by atoms with E-state index in [1.165, 1.54) is 6.42 Å². The molecule has 1 N–H and O–H groups in total. The van der Waals surface area contributed by atoms with Crippen molar-refractivity contribution in [3.8, 4) is 0 Å². The lowest BCUT2D eigenvalue weighted by Crippen LogP contribution is -2.53. The van der Waals surface area contributed by atoms with Crippen LogP contribution in [0.4, 0.5) is 5.82 Å². The first-order valence-electron chi connectivity index (χ1n) is 7.48. The van der Waals surface area contributed by atoms with E-state index in [0.29, 0.717) is 12.0 Å². The number of nitrogens with zero attached hydrogens (tertiary/aromatic N) is 3. The molecule has 0 aliphatic carbocycles. The minimum Gasteiger partial charge on any atom is -0.352 e. The van der Waals surface area contributed by atoms with E-state index in [-0.39, 0.29) is 0 Å². The average Bonchev–Trinajstić information content (AvgIpc) is 2.53. The minimum atomic E-state index is 0.544. The molecule has 0 saturated carbocycles. The monoisotopic (exact) mass is 270 g/mol. The highest BCUT2D eigenvalue weighted by Gasteiger charge is 2.24. The van der Waals surface area contributed by atoms with Crippen LogP contribution in [0.3, 0.4) is 0 Å². The molecule has 2 heterocycles. The van der Waals surface area contributed by atoms with Gasteiger partial charge in [-0.2, -0.15) is 0 Å². The van der Waals surface area contributed by atoms with Gasteiger partial charge in [0.2, 0.25) is 0 Å². The van der Waals surface area contributed by atoms with Gasteiger partial charge in [-0.05, 0) is 18.1 Å². The third-order valence-corrected chi connectivity index (χ3v) is 4.30. The van der Waals surface area contributed by atoms with Crippen molar-refractivity contribution in [3.05, 3.63) is 30.5 Å². The van der Waals surface area contributed by atoms with Crippen LogP contribution in [0.1, 0.15) is 20.3 Å². The van der Waals surface area contributed by atoms with Crippen molar-refractivity contribution in [3.63, 3.8) is 0 Å². The van der Waals surface area contributed by atoms with Gasteiger partial charge in [-0.15, -0.1) is 0 Å². The molecule has 2 atom stereocenters. The van der Waals surface area contributed by atoms with E-state index in [2.05, 4.69) is 29.0 Å². The molecule has 4 heteroatoms. The molecule has 1 aromatic heterocycles. The lowest BCUT2D eigenvalue weighted by Gasteiger charge is -2.37. The largest absolute Gasteiger partial charge is 0.352 e. The predicted molar refractivity (Wildman–Crippen MR) is 83.0 cm³/mol. The third kappa shape index (κ3) is 2.61. The van der Waals surface area contributed by atoms with E-state index < -0.39 is 0 Å². The Balaban J connectivity index is 1.83.